The number of ether oxygens (including phenoxy) is 1. The molecule has 1 fully saturated rings. The van der Waals surface area contributed by atoms with Crippen molar-refractivity contribution in [3.63, 3.8) is 0 Å². The second kappa shape index (κ2) is 12.1. The van der Waals surface area contributed by atoms with Crippen LogP contribution in [-0.2, 0) is 9.57 Å². The number of rotatable bonds is 7. The highest BCUT2D eigenvalue weighted by atomic mass is 16.6. The van der Waals surface area contributed by atoms with Crippen molar-refractivity contribution in [2.75, 3.05) is 60.1 Å². The zero-order valence-electron chi connectivity index (χ0n) is 12.9. The van der Waals surface area contributed by atoms with Gasteiger partial charge in [0.2, 0.25) is 0 Å². The second-order valence-corrected chi connectivity index (χ2v) is 4.17. The Kier molecular flexibility index (Phi) is 11.6. The molecule has 0 aliphatic carbocycles. The minimum atomic E-state index is 0.463. The molecule has 112 valence electrons. The van der Waals surface area contributed by atoms with E-state index in [2.05, 4.69) is 33.4 Å². The minimum absolute atomic E-state index is 0.463. The summed E-state index contributed by atoms with van der Waals surface area (Å²) in [7, 11) is 3.68. The van der Waals surface area contributed by atoms with Gasteiger partial charge in [-0.1, -0.05) is 25.6 Å². The highest BCUT2D eigenvalue weighted by Crippen LogP contribution is 1.98. The van der Waals surface area contributed by atoms with E-state index in [0.29, 0.717) is 6.61 Å². The van der Waals surface area contributed by atoms with Crippen LogP contribution in [0.15, 0.2) is 17.8 Å². The summed E-state index contributed by atoms with van der Waals surface area (Å²) in [5.74, 6) is 0. The minimum Gasteiger partial charge on any atom is -0.399 e. The van der Waals surface area contributed by atoms with Crippen molar-refractivity contribution in [3.8, 4) is 0 Å². The number of hydrogen-bond donors (Lipinski definition) is 0. The molecule has 0 unspecified atom stereocenters. The molecule has 0 N–H and O–H groups in total. The summed E-state index contributed by atoms with van der Waals surface area (Å²) in [6.45, 7) is 14.3. The van der Waals surface area contributed by atoms with Crippen LogP contribution in [0.4, 0.5) is 0 Å². The van der Waals surface area contributed by atoms with Crippen LogP contribution in [0.1, 0.15) is 13.8 Å². The molecule has 19 heavy (non-hydrogen) atoms. The van der Waals surface area contributed by atoms with Crippen LogP contribution in [0, 0.1) is 0 Å². The molecule has 1 saturated heterocycles. The van der Waals surface area contributed by atoms with E-state index in [1.807, 2.05) is 13.8 Å². The molecular formula is C14H29N3O2. The van der Waals surface area contributed by atoms with Gasteiger partial charge in [-0.2, -0.15) is 0 Å². The standard InChI is InChI=1S/C12H23N3O2.C2H6/c1-4-12(13-16-3)11-17-10-9-15-7-5-14(2)6-8-15;1-2/h4H,1,5-11H2,2-3H3;1-2H3/b13-12+;. The van der Waals surface area contributed by atoms with Gasteiger partial charge < -0.3 is 14.5 Å². The van der Waals surface area contributed by atoms with E-state index < -0.39 is 0 Å². The molecule has 0 aromatic heterocycles. The van der Waals surface area contributed by atoms with Gasteiger partial charge in [0.15, 0.2) is 0 Å². The van der Waals surface area contributed by atoms with Crippen molar-refractivity contribution in [2.24, 2.45) is 5.16 Å². The van der Waals surface area contributed by atoms with Gasteiger partial charge in [-0.3, -0.25) is 4.90 Å². The van der Waals surface area contributed by atoms with Crippen LogP contribution in [-0.4, -0.2) is 75.6 Å². The predicted molar refractivity (Wildman–Crippen MR) is 80.7 cm³/mol. The Morgan fingerprint density at radius 3 is 2.42 bits per heavy atom. The maximum Gasteiger partial charge on any atom is 0.106 e. The van der Waals surface area contributed by atoms with Gasteiger partial charge >= 0.3 is 0 Å². The summed E-state index contributed by atoms with van der Waals surface area (Å²) in [6.07, 6.45) is 1.65. The van der Waals surface area contributed by atoms with E-state index in [9.17, 15) is 0 Å². The first-order chi connectivity index (χ1) is 9.26. The summed E-state index contributed by atoms with van der Waals surface area (Å²) < 4.78 is 5.53. The van der Waals surface area contributed by atoms with Gasteiger partial charge in [-0.15, -0.1) is 0 Å². The molecule has 1 aliphatic rings. The lowest BCUT2D eigenvalue weighted by Crippen LogP contribution is -2.45. The van der Waals surface area contributed by atoms with Crippen LogP contribution < -0.4 is 0 Å². The van der Waals surface area contributed by atoms with Crippen LogP contribution in [0.5, 0.6) is 0 Å². The van der Waals surface area contributed by atoms with Crippen LogP contribution in [0.2, 0.25) is 0 Å². The first-order valence-corrected chi connectivity index (χ1v) is 6.97. The molecule has 0 aromatic rings. The van der Waals surface area contributed by atoms with Crippen molar-refractivity contribution in [1.29, 1.82) is 0 Å². The molecule has 0 atom stereocenters. The van der Waals surface area contributed by atoms with Crippen molar-refractivity contribution in [2.45, 2.75) is 13.8 Å². The summed E-state index contributed by atoms with van der Waals surface area (Å²) >= 11 is 0. The number of hydrogen-bond acceptors (Lipinski definition) is 5. The summed E-state index contributed by atoms with van der Waals surface area (Å²) in [5.41, 5.74) is 0.728. The molecule has 1 aliphatic heterocycles. The van der Waals surface area contributed by atoms with Crippen LogP contribution in [0.3, 0.4) is 0 Å². The van der Waals surface area contributed by atoms with E-state index in [1.54, 1.807) is 6.08 Å². The van der Waals surface area contributed by atoms with E-state index >= 15 is 0 Å². The Balaban J connectivity index is 0.00000154. The highest BCUT2D eigenvalue weighted by Gasteiger charge is 2.12. The van der Waals surface area contributed by atoms with Gasteiger partial charge in [0.25, 0.3) is 0 Å². The molecule has 5 nitrogen and oxygen atoms in total. The third-order valence-corrected chi connectivity index (χ3v) is 2.84. The van der Waals surface area contributed by atoms with E-state index in [1.165, 1.54) is 7.11 Å². The maximum absolute atomic E-state index is 5.53. The normalized spacial score (nSPS) is 17.6. The van der Waals surface area contributed by atoms with Crippen molar-refractivity contribution in [3.05, 3.63) is 12.7 Å². The first kappa shape index (κ1) is 18.1. The fraction of sp³-hybridized carbons (Fsp3) is 0.786. The average molecular weight is 271 g/mol. The molecule has 0 aromatic carbocycles. The van der Waals surface area contributed by atoms with Gasteiger partial charge in [0.05, 0.1) is 13.2 Å². The van der Waals surface area contributed by atoms with Crippen LogP contribution >= 0.6 is 0 Å². The number of piperazine rings is 1. The zero-order valence-corrected chi connectivity index (χ0v) is 12.9. The molecule has 1 rings (SSSR count). The van der Waals surface area contributed by atoms with E-state index in [0.717, 1.165) is 45.0 Å². The molecule has 5 heteroatoms. The number of likely N-dealkylation sites (N-methyl/N-ethyl adjacent to an activating group) is 1. The molecule has 0 bridgehead atoms. The van der Waals surface area contributed by atoms with Crippen molar-refractivity contribution in [1.82, 2.24) is 9.80 Å². The summed E-state index contributed by atoms with van der Waals surface area (Å²) in [6, 6.07) is 0. The van der Waals surface area contributed by atoms with Crippen LogP contribution in [0.25, 0.3) is 0 Å². The van der Waals surface area contributed by atoms with E-state index in [-0.39, 0.29) is 0 Å². The lowest BCUT2D eigenvalue weighted by atomic mass is 10.3. The van der Waals surface area contributed by atoms with Gasteiger partial charge in [-0.25, -0.2) is 0 Å². The Bertz CT molecular complexity index is 249. The fourth-order valence-corrected chi connectivity index (χ4v) is 1.68. The first-order valence-electron chi connectivity index (χ1n) is 6.97. The number of nitrogens with zero attached hydrogens (tertiary/aromatic N) is 3. The highest BCUT2D eigenvalue weighted by molar-refractivity contribution is 5.95. The maximum atomic E-state index is 5.53. The topological polar surface area (TPSA) is 37.3 Å². The van der Waals surface area contributed by atoms with Crippen molar-refractivity contribution < 1.29 is 9.57 Å². The Hall–Kier alpha value is -0.910. The summed E-state index contributed by atoms with van der Waals surface area (Å²) in [5, 5.41) is 3.79. The molecule has 0 radical (unpaired) electrons. The lowest BCUT2D eigenvalue weighted by Gasteiger charge is -2.32. The Morgan fingerprint density at radius 1 is 1.26 bits per heavy atom. The smallest absolute Gasteiger partial charge is 0.106 e. The second-order valence-electron chi connectivity index (χ2n) is 4.17. The van der Waals surface area contributed by atoms with Gasteiger partial charge in [0.1, 0.15) is 12.8 Å². The molecule has 1 heterocycles. The zero-order chi connectivity index (χ0) is 14.5. The van der Waals surface area contributed by atoms with E-state index in [4.69, 9.17) is 4.74 Å². The SMILES string of the molecule is C=C/C(COCCN1CCN(C)CC1)=N\OC.CC. The third kappa shape index (κ3) is 8.75. The molecular weight excluding hydrogens is 242 g/mol. The molecule has 0 saturated carbocycles. The molecule has 0 amide bonds. The van der Waals surface area contributed by atoms with Crippen molar-refractivity contribution >= 4 is 5.71 Å². The third-order valence-electron chi connectivity index (χ3n) is 2.84. The lowest BCUT2D eigenvalue weighted by molar-refractivity contribution is 0.0973. The summed E-state index contributed by atoms with van der Waals surface area (Å²) in [4.78, 5) is 9.44. The molecule has 0 spiro atoms. The average Bonchev–Trinajstić information content (AvgIpc) is 2.46. The van der Waals surface area contributed by atoms with Gasteiger partial charge in [-0.05, 0) is 13.1 Å². The fourth-order valence-electron chi connectivity index (χ4n) is 1.68. The monoisotopic (exact) mass is 271 g/mol. The number of oxime groups is 1. The quantitative estimate of drug-likeness (QED) is 0.399. The van der Waals surface area contributed by atoms with Gasteiger partial charge in [0, 0.05) is 32.7 Å². The predicted octanol–water partition coefficient (Wildman–Crippen LogP) is 1.47. The Labute approximate surface area is 117 Å². The largest absolute Gasteiger partial charge is 0.399 e. The Morgan fingerprint density at radius 2 is 1.89 bits per heavy atom.